The molecule has 0 aliphatic carbocycles. The Morgan fingerprint density at radius 3 is 2.69 bits per heavy atom. The Morgan fingerprint density at radius 2 is 1.92 bits per heavy atom. The van der Waals surface area contributed by atoms with Gasteiger partial charge in [-0.2, -0.15) is 0 Å². The summed E-state index contributed by atoms with van der Waals surface area (Å²) in [6.45, 7) is 5.57. The summed E-state index contributed by atoms with van der Waals surface area (Å²) in [7, 11) is 1.55. The summed E-state index contributed by atoms with van der Waals surface area (Å²) in [5.41, 5.74) is 4.06. The van der Waals surface area contributed by atoms with Gasteiger partial charge in [-0.15, -0.1) is 11.3 Å². The lowest BCUT2D eigenvalue weighted by Crippen LogP contribution is -2.39. The van der Waals surface area contributed by atoms with Crippen molar-refractivity contribution in [3.8, 4) is 22.2 Å². The second-order valence-electron chi connectivity index (χ2n) is 9.68. The van der Waals surface area contributed by atoms with Gasteiger partial charge >= 0.3 is 0 Å². The number of aliphatic hydroxyl groups excluding tert-OH is 1. The number of rotatable bonds is 7. The number of hydrogen-bond acceptors (Lipinski definition) is 11. The standard InChI is InChI=1S/C27H25FN6O4S/c1-13-5-16(22-19(6-13)33-21(36-4)11-31-22)25-34-20-7-18(28)23-17(24(20)39-25)8-27(3,38-23)12-37-26(35)32-15-9-29-14(2)30-10-15/h5-7,9-11,26,32,35H,8,12H2,1-4H3/t26?,27-/m1/s1. The third-order valence-corrected chi connectivity index (χ3v) is 7.57. The zero-order chi connectivity index (χ0) is 27.3. The average molecular weight is 549 g/mol. The normalized spacial score (nSPS) is 17.3. The topological polar surface area (TPSA) is 124 Å². The largest absolute Gasteiger partial charge is 0.481 e. The summed E-state index contributed by atoms with van der Waals surface area (Å²) in [5.74, 6) is 0.724. The van der Waals surface area contributed by atoms with Gasteiger partial charge in [0.1, 0.15) is 16.4 Å². The Morgan fingerprint density at radius 1 is 1.13 bits per heavy atom. The molecule has 2 N–H and O–H groups in total. The predicted octanol–water partition coefficient (Wildman–Crippen LogP) is 4.56. The second kappa shape index (κ2) is 9.63. The molecule has 0 saturated heterocycles. The van der Waals surface area contributed by atoms with Gasteiger partial charge in [0.2, 0.25) is 12.3 Å². The van der Waals surface area contributed by atoms with E-state index in [9.17, 15) is 5.11 Å². The first-order chi connectivity index (χ1) is 18.7. The Labute approximate surface area is 226 Å². The number of aryl methyl sites for hydroxylation is 2. The highest BCUT2D eigenvalue weighted by Gasteiger charge is 2.39. The fraction of sp³-hybridized carbons (Fsp3) is 0.296. The number of nitrogens with zero attached hydrogens (tertiary/aromatic N) is 5. The number of aromatic nitrogens is 5. The van der Waals surface area contributed by atoms with Crippen LogP contribution in [-0.2, 0) is 11.2 Å². The molecule has 2 atom stereocenters. The first-order valence-corrected chi connectivity index (χ1v) is 13.0. The quantitative estimate of drug-likeness (QED) is 0.280. The first kappa shape index (κ1) is 25.3. The lowest BCUT2D eigenvalue weighted by atomic mass is 10.00. The third-order valence-electron chi connectivity index (χ3n) is 6.41. The van der Waals surface area contributed by atoms with E-state index in [0.717, 1.165) is 21.4 Å². The van der Waals surface area contributed by atoms with Crippen molar-refractivity contribution < 1.29 is 23.7 Å². The fourth-order valence-corrected chi connectivity index (χ4v) is 5.72. The molecule has 200 valence electrons. The fourth-order valence-electron chi connectivity index (χ4n) is 4.62. The van der Waals surface area contributed by atoms with Gasteiger partial charge in [-0.25, -0.2) is 29.3 Å². The SMILES string of the molecule is COc1cnc2c(-c3nc4cc(F)c5c(c4s3)C[C@](C)(COC(O)Nc3cnc(C)nc3)O5)cc(C)cc2n1. The van der Waals surface area contributed by atoms with Crippen LogP contribution in [0.1, 0.15) is 23.9 Å². The van der Waals surface area contributed by atoms with E-state index in [1.54, 1.807) is 32.6 Å². The summed E-state index contributed by atoms with van der Waals surface area (Å²) in [4.78, 5) is 22.0. The molecule has 1 aliphatic heterocycles. The van der Waals surface area contributed by atoms with Gasteiger partial charge in [0, 0.05) is 23.6 Å². The smallest absolute Gasteiger partial charge is 0.235 e. The number of fused-ring (bicyclic) bond motifs is 4. The monoisotopic (exact) mass is 548 g/mol. The van der Waals surface area contributed by atoms with Crippen LogP contribution in [0.4, 0.5) is 10.1 Å². The molecule has 5 aromatic rings. The van der Waals surface area contributed by atoms with Gasteiger partial charge in [0.25, 0.3) is 0 Å². The average Bonchev–Trinajstić information content (AvgIpc) is 3.50. The van der Waals surface area contributed by atoms with Gasteiger partial charge in [-0.05, 0) is 38.5 Å². The highest BCUT2D eigenvalue weighted by molar-refractivity contribution is 7.22. The molecule has 3 aromatic heterocycles. The van der Waals surface area contributed by atoms with Crippen molar-refractivity contribution >= 4 is 38.3 Å². The van der Waals surface area contributed by atoms with Crippen molar-refractivity contribution in [3.05, 3.63) is 59.6 Å². The van der Waals surface area contributed by atoms with E-state index in [0.29, 0.717) is 45.4 Å². The highest BCUT2D eigenvalue weighted by atomic mass is 32.1. The number of anilines is 1. The molecule has 1 unspecified atom stereocenters. The van der Waals surface area contributed by atoms with Gasteiger partial charge in [-0.3, -0.25) is 0 Å². The number of nitrogens with one attached hydrogen (secondary N) is 1. The maximum absolute atomic E-state index is 15.2. The van der Waals surface area contributed by atoms with Crippen LogP contribution in [-0.4, -0.2) is 55.8 Å². The van der Waals surface area contributed by atoms with Gasteiger partial charge in [-0.1, -0.05) is 0 Å². The molecule has 2 aromatic carbocycles. The summed E-state index contributed by atoms with van der Waals surface area (Å²) < 4.78 is 32.9. The molecule has 0 amide bonds. The Hall–Kier alpha value is -4.00. The third kappa shape index (κ3) is 4.82. The molecule has 0 fully saturated rings. The molecule has 10 nitrogen and oxygen atoms in total. The summed E-state index contributed by atoms with van der Waals surface area (Å²) in [6, 6.07) is 5.33. The van der Waals surface area contributed by atoms with Crippen LogP contribution in [0.15, 0.2) is 36.8 Å². The Balaban J connectivity index is 1.28. The van der Waals surface area contributed by atoms with E-state index in [-0.39, 0.29) is 12.4 Å². The van der Waals surface area contributed by atoms with E-state index >= 15 is 4.39 Å². The lowest BCUT2D eigenvalue weighted by molar-refractivity contribution is -0.118. The predicted molar refractivity (Wildman–Crippen MR) is 144 cm³/mol. The minimum atomic E-state index is -1.32. The summed E-state index contributed by atoms with van der Waals surface area (Å²) >= 11 is 1.45. The Bertz CT molecular complexity index is 1710. The van der Waals surface area contributed by atoms with Crippen molar-refractivity contribution in [3.63, 3.8) is 0 Å². The molecule has 4 heterocycles. The van der Waals surface area contributed by atoms with Crippen LogP contribution in [0, 0.1) is 19.7 Å². The van der Waals surface area contributed by atoms with Crippen LogP contribution in [0.5, 0.6) is 11.6 Å². The van der Waals surface area contributed by atoms with E-state index < -0.39 is 17.8 Å². The number of aliphatic hydroxyl groups is 1. The molecule has 12 heteroatoms. The van der Waals surface area contributed by atoms with Crippen molar-refractivity contribution in [1.29, 1.82) is 0 Å². The molecule has 1 aliphatic rings. The van der Waals surface area contributed by atoms with E-state index in [1.165, 1.54) is 17.4 Å². The number of thiazole rings is 1. The van der Waals surface area contributed by atoms with E-state index in [1.807, 2.05) is 26.0 Å². The molecule has 0 bridgehead atoms. The number of methoxy groups -OCH3 is 1. The summed E-state index contributed by atoms with van der Waals surface area (Å²) in [6.07, 6.45) is 3.72. The van der Waals surface area contributed by atoms with Crippen LogP contribution < -0.4 is 14.8 Å². The minimum Gasteiger partial charge on any atom is -0.481 e. The van der Waals surface area contributed by atoms with Crippen LogP contribution >= 0.6 is 11.3 Å². The van der Waals surface area contributed by atoms with Crippen LogP contribution in [0.25, 0.3) is 31.8 Å². The molecular formula is C27H25FN6O4S. The molecule has 6 rings (SSSR count). The molecular weight excluding hydrogens is 523 g/mol. The number of halogens is 1. The minimum absolute atomic E-state index is 0.00903. The lowest BCUT2D eigenvalue weighted by Gasteiger charge is -2.25. The zero-order valence-corrected chi connectivity index (χ0v) is 22.5. The van der Waals surface area contributed by atoms with E-state index in [2.05, 4.69) is 25.3 Å². The van der Waals surface area contributed by atoms with Gasteiger partial charge in [0.05, 0.1) is 59.2 Å². The maximum Gasteiger partial charge on any atom is 0.235 e. The zero-order valence-electron chi connectivity index (χ0n) is 21.6. The van der Waals surface area contributed by atoms with Gasteiger partial charge < -0.3 is 24.6 Å². The molecule has 0 saturated carbocycles. The number of benzene rings is 2. The second-order valence-corrected chi connectivity index (χ2v) is 10.7. The maximum atomic E-state index is 15.2. The molecule has 0 radical (unpaired) electrons. The van der Waals surface area contributed by atoms with Crippen molar-refractivity contribution in [2.24, 2.45) is 0 Å². The van der Waals surface area contributed by atoms with Crippen LogP contribution in [0.3, 0.4) is 0 Å². The summed E-state index contributed by atoms with van der Waals surface area (Å²) in [5, 5.41) is 13.8. The molecule has 0 spiro atoms. The van der Waals surface area contributed by atoms with E-state index in [4.69, 9.17) is 19.2 Å². The molecule has 39 heavy (non-hydrogen) atoms. The highest BCUT2D eigenvalue weighted by Crippen LogP contribution is 2.45. The first-order valence-electron chi connectivity index (χ1n) is 12.2. The Kier molecular flexibility index (Phi) is 6.25. The number of ether oxygens (including phenoxy) is 3. The van der Waals surface area contributed by atoms with Crippen molar-refractivity contribution in [1.82, 2.24) is 24.9 Å². The number of hydrogen-bond donors (Lipinski definition) is 2. The van der Waals surface area contributed by atoms with Crippen molar-refractivity contribution in [2.75, 3.05) is 19.0 Å². The van der Waals surface area contributed by atoms with Gasteiger partial charge in [0.15, 0.2) is 11.6 Å². The van der Waals surface area contributed by atoms with Crippen molar-refractivity contribution in [2.45, 2.75) is 39.2 Å². The van der Waals surface area contributed by atoms with Crippen LogP contribution in [0.2, 0.25) is 0 Å².